The van der Waals surface area contributed by atoms with Crippen molar-refractivity contribution in [2.45, 2.75) is 31.7 Å². The second kappa shape index (κ2) is 7.06. The molecule has 0 saturated heterocycles. The summed E-state index contributed by atoms with van der Waals surface area (Å²) in [4.78, 5) is -0.301. The molecule has 126 valence electrons. The van der Waals surface area contributed by atoms with Gasteiger partial charge in [-0.05, 0) is 54.4 Å². The van der Waals surface area contributed by atoms with E-state index < -0.39 is 21.7 Å². The highest BCUT2D eigenvalue weighted by Gasteiger charge is 2.16. The summed E-state index contributed by atoms with van der Waals surface area (Å²) in [5.41, 5.74) is 1.83. The molecule has 0 aliphatic heterocycles. The molecular formula is C14H16BrF2N3O2S. The number of sulfonamides is 1. The van der Waals surface area contributed by atoms with Crippen molar-refractivity contribution in [3.63, 3.8) is 0 Å². The number of halogens is 3. The van der Waals surface area contributed by atoms with Crippen molar-refractivity contribution in [1.29, 1.82) is 0 Å². The van der Waals surface area contributed by atoms with Gasteiger partial charge in [-0.1, -0.05) is 0 Å². The van der Waals surface area contributed by atoms with Crippen molar-refractivity contribution >= 4 is 26.0 Å². The van der Waals surface area contributed by atoms with Crippen molar-refractivity contribution in [3.05, 3.63) is 45.7 Å². The second-order valence-corrected chi connectivity index (χ2v) is 7.60. The largest absolute Gasteiger partial charge is 0.268 e. The van der Waals surface area contributed by atoms with E-state index in [1.54, 1.807) is 4.68 Å². The van der Waals surface area contributed by atoms with Gasteiger partial charge >= 0.3 is 0 Å². The van der Waals surface area contributed by atoms with Gasteiger partial charge in [0.25, 0.3) is 0 Å². The Kier molecular flexibility index (Phi) is 5.53. The number of rotatable bonds is 6. The summed E-state index contributed by atoms with van der Waals surface area (Å²) in [6.07, 6.45) is 0.511. The van der Waals surface area contributed by atoms with Crippen molar-refractivity contribution in [1.82, 2.24) is 14.5 Å². The molecule has 5 nitrogen and oxygen atoms in total. The lowest BCUT2D eigenvalue weighted by atomic mass is 10.3. The van der Waals surface area contributed by atoms with Crippen LogP contribution < -0.4 is 4.72 Å². The van der Waals surface area contributed by atoms with Gasteiger partial charge in [0.2, 0.25) is 10.0 Å². The highest BCUT2D eigenvalue weighted by molar-refractivity contribution is 9.10. The van der Waals surface area contributed by atoms with Crippen LogP contribution in [0.3, 0.4) is 0 Å². The average Bonchev–Trinajstić information content (AvgIpc) is 2.73. The number of aromatic nitrogens is 2. The van der Waals surface area contributed by atoms with Gasteiger partial charge in [0.15, 0.2) is 11.6 Å². The van der Waals surface area contributed by atoms with Gasteiger partial charge in [0.1, 0.15) is 0 Å². The standard InChI is InChI=1S/C14H16BrF2N3O2S/c1-9-14(15)10(2)20(19-9)7-3-6-18-23(21,22)11-4-5-12(16)13(17)8-11/h4-5,8,18H,3,6-7H2,1-2H3. The molecule has 9 heteroatoms. The van der Waals surface area contributed by atoms with Crippen LogP contribution in [-0.4, -0.2) is 24.7 Å². The first-order valence-corrected chi connectivity index (χ1v) is 9.14. The van der Waals surface area contributed by atoms with Crippen molar-refractivity contribution in [2.75, 3.05) is 6.54 Å². The van der Waals surface area contributed by atoms with Gasteiger partial charge in [-0.2, -0.15) is 5.10 Å². The zero-order valence-corrected chi connectivity index (χ0v) is 15.0. The summed E-state index contributed by atoms with van der Waals surface area (Å²) in [7, 11) is -3.86. The lowest BCUT2D eigenvalue weighted by molar-refractivity contribution is 0.503. The number of aryl methyl sites for hydroxylation is 2. The summed E-state index contributed by atoms with van der Waals surface area (Å²) >= 11 is 3.42. The Bertz CT molecular complexity index is 822. The second-order valence-electron chi connectivity index (χ2n) is 5.04. The van der Waals surface area contributed by atoms with Crippen LogP contribution in [0, 0.1) is 25.5 Å². The van der Waals surface area contributed by atoms with Crippen LogP contribution in [0.5, 0.6) is 0 Å². The molecule has 0 aliphatic carbocycles. The van der Waals surface area contributed by atoms with Crippen LogP contribution >= 0.6 is 15.9 Å². The Labute approximate surface area is 141 Å². The molecule has 0 unspecified atom stereocenters. The van der Waals surface area contributed by atoms with E-state index in [0.717, 1.165) is 28.0 Å². The molecule has 0 amide bonds. The third-order valence-electron chi connectivity index (χ3n) is 3.33. The molecule has 0 fully saturated rings. The van der Waals surface area contributed by atoms with Crippen molar-refractivity contribution < 1.29 is 17.2 Å². The quantitative estimate of drug-likeness (QED) is 0.748. The summed E-state index contributed by atoms with van der Waals surface area (Å²) < 4.78 is 55.1. The molecule has 1 aromatic carbocycles. The predicted molar refractivity (Wildman–Crippen MR) is 85.6 cm³/mol. The molecule has 0 spiro atoms. The molecule has 1 N–H and O–H groups in total. The molecule has 23 heavy (non-hydrogen) atoms. The van der Waals surface area contributed by atoms with Crippen LogP contribution in [0.1, 0.15) is 17.8 Å². The first kappa shape index (κ1) is 18.0. The molecule has 1 aromatic heterocycles. The maximum Gasteiger partial charge on any atom is 0.240 e. The van der Waals surface area contributed by atoms with Crippen LogP contribution in [0.15, 0.2) is 27.6 Å². The Hall–Kier alpha value is -1.32. The highest BCUT2D eigenvalue weighted by atomic mass is 79.9. The third kappa shape index (κ3) is 4.15. The lowest BCUT2D eigenvalue weighted by Crippen LogP contribution is -2.26. The fraction of sp³-hybridized carbons (Fsp3) is 0.357. The molecule has 2 aromatic rings. The van der Waals surface area contributed by atoms with Gasteiger partial charge in [-0.3, -0.25) is 4.68 Å². The minimum absolute atomic E-state index is 0.164. The highest BCUT2D eigenvalue weighted by Crippen LogP contribution is 2.19. The third-order valence-corrected chi connectivity index (χ3v) is 5.94. The van der Waals surface area contributed by atoms with E-state index in [-0.39, 0.29) is 11.4 Å². The fourth-order valence-electron chi connectivity index (χ4n) is 2.06. The van der Waals surface area contributed by atoms with E-state index in [0.29, 0.717) is 19.0 Å². The zero-order chi connectivity index (χ0) is 17.2. The Morgan fingerprint density at radius 2 is 1.96 bits per heavy atom. The van der Waals surface area contributed by atoms with Crippen LogP contribution in [-0.2, 0) is 16.6 Å². The van der Waals surface area contributed by atoms with E-state index in [4.69, 9.17) is 0 Å². The summed E-state index contributed by atoms with van der Waals surface area (Å²) in [5, 5.41) is 4.32. The minimum atomic E-state index is -3.86. The average molecular weight is 408 g/mol. The predicted octanol–water partition coefficient (Wildman–Crippen LogP) is 2.91. The molecule has 2 rings (SSSR count). The van der Waals surface area contributed by atoms with Gasteiger partial charge in [-0.15, -0.1) is 0 Å². The monoisotopic (exact) mass is 407 g/mol. The molecule has 0 atom stereocenters. The number of nitrogens with one attached hydrogen (secondary N) is 1. The fourth-order valence-corrected chi connectivity index (χ4v) is 3.43. The zero-order valence-electron chi connectivity index (χ0n) is 12.6. The Balaban J connectivity index is 1.94. The smallest absolute Gasteiger partial charge is 0.240 e. The first-order chi connectivity index (χ1) is 10.7. The lowest BCUT2D eigenvalue weighted by Gasteiger charge is -2.08. The SMILES string of the molecule is Cc1nn(CCCNS(=O)(=O)c2ccc(F)c(F)c2)c(C)c1Br. The summed E-state index contributed by atoms with van der Waals surface area (Å²) in [6.45, 7) is 4.49. The van der Waals surface area contributed by atoms with E-state index >= 15 is 0 Å². The first-order valence-electron chi connectivity index (χ1n) is 6.86. The molecular weight excluding hydrogens is 392 g/mol. The van der Waals surface area contributed by atoms with E-state index in [1.165, 1.54) is 0 Å². The van der Waals surface area contributed by atoms with E-state index in [2.05, 4.69) is 25.8 Å². The molecule has 0 aliphatic rings. The topological polar surface area (TPSA) is 64.0 Å². The van der Waals surface area contributed by atoms with Crippen molar-refractivity contribution in [2.24, 2.45) is 0 Å². The number of hydrogen-bond acceptors (Lipinski definition) is 3. The molecule has 0 bridgehead atoms. The van der Waals surface area contributed by atoms with Gasteiger partial charge in [0, 0.05) is 18.8 Å². The van der Waals surface area contributed by atoms with Crippen LogP contribution in [0.25, 0.3) is 0 Å². The van der Waals surface area contributed by atoms with E-state index in [1.807, 2.05) is 13.8 Å². The molecule has 0 saturated carbocycles. The maximum atomic E-state index is 13.1. The Morgan fingerprint density at radius 3 is 2.52 bits per heavy atom. The normalized spacial score (nSPS) is 11.9. The summed E-state index contributed by atoms with van der Waals surface area (Å²) in [5.74, 6) is -2.28. The van der Waals surface area contributed by atoms with Gasteiger partial charge < -0.3 is 0 Å². The van der Waals surface area contributed by atoms with Crippen LogP contribution in [0.2, 0.25) is 0 Å². The number of benzene rings is 1. The minimum Gasteiger partial charge on any atom is -0.268 e. The maximum absolute atomic E-state index is 13.1. The molecule has 0 radical (unpaired) electrons. The summed E-state index contributed by atoms with van der Waals surface area (Å²) in [6, 6.07) is 2.48. The number of hydrogen-bond donors (Lipinski definition) is 1. The van der Waals surface area contributed by atoms with Crippen molar-refractivity contribution in [3.8, 4) is 0 Å². The number of nitrogens with zero attached hydrogens (tertiary/aromatic N) is 2. The molecule has 1 heterocycles. The Morgan fingerprint density at radius 1 is 1.26 bits per heavy atom. The van der Waals surface area contributed by atoms with Gasteiger partial charge in [0.05, 0.1) is 15.1 Å². The van der Waals surface area contributed by atoms with Crippen LogP contribution in [0.4, 0.5) is 8.78 Å². The van der Waals surface area contributed by atoms with E-state index in [9.17, 15) is 17.2 Å². The van der Waals surface area contributed by atoms with Gasteiger partial charge in [-0.25, -0.2) is 21.9 Å².